The van der Waals surface area contributed by atoms with Crippen molar-refractivity contribution in [2.24, 2.45) is 13.0 Å². The second-order valence-electron chi connectivity index (χ2n) is 5.02. The maximum Gasteiger partial charge on any atom is 0.163 e. The maximum absolute atomic E-state index is 4.13. The zero-order valence-electron chi connectivity index (χ0n) is 10.6. The van der Waals surface area contributed by atoms with E-state index in [2.05, 4.69) is 39.8 Å². The summed E-state index contributed by atoms with van der Waals surface area (Å²) in [7, 11) is 1.96. The molecule has 1 aromatic heterocycles. The van der Waals surface area contributed by atoms with Gasteiger partial charge in [0, 0.05) is 24.8 Å². The highest BCUT2D eigenvalue weighted by Gasteiger charge is 2.16. The van der Waals surface area contributed by atoms with E-state index in [1.807, 2.05) is 11.6 Å². The van der Waals surface area contributed by atoms with Crippen LogP contribution in [0.15, 0.2) is 30.6 Å². The van der Waals surface area contributed by atoms with Gasteiger partial charge < -0.3 is 9.88 Å². The molecule has 0 spiro atoms. The quantitative estimate of drug-likeness (QED) is 0.896. The second-order valence-corrected chi connectivity index (χ2v) is 5.02. The molecule has 0 atom stereocenters. The van der Waals surface area contributed by atoms with Gasteiger partial charge in [0.25, 0.3) is 0 Å². The lowest BCUT2D eigenvalue weighted by molar-refractivity contribution is 0.333. The standard InChI is InChI=1S/C14H18N4/c1-18-10-16-17-14(18)12-6-3-7-13(8-12)15-9-11-4-2-5-11/h3,6-8,10-11,15H,2,4-5,9H2,1H3. The number of hydrogen-bond acceptors (Lipinski definition) is 3. The topological polar surface area (TPSA) is 42.7 Å². The molecule has 0 bridgehead atoms. The summed E-state index contributed by atoms with van der Waals surface area (Å²) >= 11 is 0. The fourth-order valence-corrected chi connectivity index (χ4v) is 2.27. The molecule has 4 heteroatoms. The van der Waals surface area contributed by atoms with Crippen LogP contribution in [-0.2, 0) is 7.05 Å². The number of benzene rings is 1. The van der Waals surface area contributed by atoms with Crippen molar-refractivity contribution in [1.82, 2.24) is 14.8 Å². The molecule has 1 N–H and O–H groups in total. The Morgan fingerprint density at radius 1 is 1.39 bits per heavy atom. The lowest BCUT2D eigenvalue weighted by atomic mass is 9.85. The molecule has 2 aromatic rings. The van der Waals surface area contributed by atoms with Crippen molar-refractivity contribution in [2.45, 2.75) is 19.3 Å². The molecule has 1 aromatic carbocycles. The van der Waals surface area contributed by atoms with E-state index in [1.165, 1.54) is 24.9 Å². The smallest absolute Gasteiger partial charge is 0.163 e. The van der Waals surface area contributed by atoms with Gasteiger partial charge in [-0.25, -0.2) is 0 Å². The van der Waals surface area contributed by atoms with Crippen LogP contribution in [0.4, 0.5) is 5.69 Å². The van der Waals surface area contributed by atoms with Crippen LogP contribution in [0.1, 0.15) is 19.3 Å². The average molecular weight is 242 g/mol. The van der Waals surface area contributed by atoms with Crippen LogP contribution in [0.25, 0.3) is 11.4 Å². The van der Waals surface area contributed by atoms with E-state index in [4.69, 9.17) is 0 Å². The molecule has 1 fully saturated rings. The Balaban J connectivity index is 1.74. The summed E-state index contributed by atoms with van der Waals surface area (Å²) in [5.41, 5.74) is 2.27. The van der Waals surface area contributed by atoms with E-state index in [1.54, 1.807) is 6.33 Å². The molecular formula is C14H18N4. The number of hydrogen-bond donors (Lipinski definition) is 1. The van der Waals surface area contributed by atoms with Crippen LogP contribution in [0.5, 0.6) is 0 Å². The van der Waals surface area contributed by atoms with Gasteiger partial charge in [0.15, 0.2) is 5.82 Å². The number of anilines is 1. The van der Waals surface area contributed by atoms with Crippen LogP contribution in [-0.4, -0.2) is 21.3 Å². The van der Waals surface area contributed by atoms with Crippen LogP contribution >= 0.6 is 0 Å². The summed E-state index contributed by atoms with van der Waals surface area (Å²) in [5, 5.41) is 11.6. The van der Waals surface area contributed by atoms with Crippen molar-refractivity contribution in [3.8, 4) is 11.4 Å². The molecule has 94 valence electrons. The largest absolute Gasteiger partial charge is 0.385 e. The predicted molar refractivity (Wildman–Crippen MR) is 72.3 cm³/mol. The molecule has 0 aliphatic heterocycles. The SMILES string of the molecule is Cn1cnnc1-c1cccc(NCC2CCC2)c1. The van der Waals surface area contributed by atoms with Gasteiger partial charge in [0.2, 0.25) is 0 Å². The summed E-state index contributed by atoms with van der Waals surface area (Å²) in [4.78, 5) is 0. The van der Waals surface area contributed by atoms with Crippen LogP contribution in [0, 0.1) is 5.92 Å². The highest BCUT2D eigenvalue weighted by molar-refractivity contribution is 5.62. The first kappa shape index (κ1) is 11.3. The molecule has 1 heterocycles. The van der Waals surface area contributed by atoms with Gasteiger partial charge in [0.1, 0.15) is 6.33 Å². The molecule has 18 heavy (non-hydrogen) atoms. The lowest BCUT2D eigenvalue weighted by Crippen LogP contribution is -2.20. The van der Waals surface area contributed by atoms with Gasteiger partial charge in [-0.3, -0.25) is 0 Å². The van der Waals surface area contributed by atoms with Gasteiger partial charge in [-0.15, -0.1) is 10.2 Å². The van der Waals surface area contributed by atoms with Crippen molar-refractivity contribution < 1.29 is 0 Å². The first-order valence-corrected chi connectivity index (χ1v) is 6.51. The third-order valence-electron chi connectivity index (χ3n) is 3.65. The second kappa shape index (κ2) is 4.80. The van der Waals surface area contributed by atoms with Gasteiger partial charge in [0.05, 0.1) is 0 Å². The highest BCUT2D eigenvalue weighted by atomic mass is 15.2. The Morgan fingerprint density at radius 3 is 2.94 bits per heavy atom. The number of aromatic nitrogens is 3. The molecule has 0 radical (unpaired) electrons. The summed E-state index contributed by atoms with van der Waals surface area (Å²) in [6.07, 6.45) is 5.86. The van der Waals surface area contributed by atoms with Crippen molar-refractivity contribution in [3.05, 3.63) is 30.6 Å². The van der Waals surface area contributed by atoms with Crippen molar-refractivity contribution in [2.75, 3.05) is 11.9 Å². The minimum absolute atomic E-state index is 0.864. The van der Waals surface area contributed by atoms with Crippen molar-refractivity contribution in [3.63, 3.8) is 0 Å². The number of nitrogens with one attached hydrogen (secondary N) is 1. The Kier molecular flexibility index (Phi) is 3.00. The minimum Gasteiger partial charge on any atom is -0.385 e. The van der Waals surface area contributed by atoms with E-state index in [-0.39, 0.29) is 0 Å². The Labute approximate surface area is 107 Å². The van der Waals surface area contributed by atoms with Gasteiger partial charge >= 0.3 is 0 Å². The summed E-state index contributed by atoms with van der Waals surface area (Å²) in [5.74, 6) is 1.77. The minimum atomic E-state index is 0.864. The fourth-order valence-electron chi connectivity index (χ4n) is 2.27. The molecule has 3 rings (SSSR count). The Hall–Kier alpha value is -1.84. The predicted octanol–water partition coefficient (Wildman–Crippen LogP) is 2.69. The van der Waals surface area contributed by atoms with E-state index in [0.29, 0.717) is 0 Å². The van der Waals surface area contributed by atoms with E-state index >= 15 is 0 Å². The van der Waals surface area contributed by atoms with Crippen LogP contribution in [0.2, 0.25) is 0 Å². The van der Waals surface area contributed by atoms with Gasteiger partial charge in [-0.1, -0.05) is 18.6 Å². The average Bonchev–Trinajstić information content (AvgIpc) is 2.74. The van der Waals surface area contributed by atoms with E-state index < -0.39 is 0 Å². The van der Waals surface area contributed by atoms with E-state index in [9.17, 15) is 0 Å². The third-order valence-corrected chi connectivity index (χ3v) is 3.65. The Morgan fingerprint density at radius 2 is 2.28 bits per heavy atom. The molecular weight excluding hydrogens is 224 g/mol. The van der Waals surface area contributed by atoms with Crippen molar-refractivity contribution in [1.29, 1.82) is 0 Å². The van der Waals surface area contributed by atoms with Gasteiger partial charge in [-0.2, -0.15) is 0 Å². The molecule has 1 saturated carbocycles. The molecule has 0 amide bonds. The zero-order chi connectivity index (χ0) is 12.4. The molecule has 4 nitrogen and oxygen atoms in total. The monoisotopic (exact) mass is 242 g/mol. The molecule has 1 aliphatic carbocycles. The summed E-state index contributed by atoms with van der Waals surface area (Å²) in [6, 6.07) is 8.38. The number of aryl methyl sites for hydroxylation is 1. The molecule has 0 saturated heterocycles. The zero-order valence-corrected chi connectivity index (χ0v) is 10.6. The summed E-state index contributed by atoms with van der Waals surface area (Å²) < 4.78 is 1.94. The first-order valence-electron chi connectivity index (χ1n) is 6.51. The van der Waals surface area contributed by atoms with Crippen LogP contribution < -0.4 is 5.32 Å². The third kappa shape index (κ3) is 2.23. The first-order chi connectivity index (χ1) is 8.83. The van der Waals surface area contributed by atoms with Crippen molar-refractivity contribution >= 4 is 5.69 Å². The Bertz CT molecular complexity index is 528. The fraction of sp³-hybridized carbons (Fsp3) is 0.429. The molecule has 1 aliphatic rings. The lowest BCUT2D eigenvalue weighted by Gasteiger charge is -2.25. The number of nitrogens with zero attached hydrogens (tertiary/aromatic N) is 3. The normalized spacial score (nSPS) is 15.4. The number of rotatable bonds is 4. The highest BCUT2D eigenvalue weighted by Crippen LogP contribution is 2.27. The maximum atomic E-state index is 4.13. The molecule has 0 unspecified atom stereocenters. The summed E-state index contributed by atoms with van der Waals surface area (Å²) in [6.45, 7) is 1.09. The van der Waals surface area contributed by atoms with Crippen LogP contribution in [0.3, 0.4) is 0 Å². The van der Waals surface area contributed by atoms with Gasteiger partial charge in [-0.05, 0) is 30.9 Å². The van der Waals surface area contributed by atoms with E-state index in [0.717, 1.165) is 23.9 Å².